The fraction of sp³-hybridized carbons (Fsp3) is 0.400. The molecule has 0 bridgehead atoms. The maximum atomic E-state index is 8.57. The van der Waals surface area contributed by atoms with Crippen molar-refractivity contribution in [3.8, 4) is 0 Å². The van der Waals surface area contributed by atoms with Crippen LogP contribution in [0.3, 0.4) is 0 Å². The fourth-order valence-electron chi connectivity index (χ4n) is 0.878. The minimum Gasteiger partial charge on any atom is -0.399 e. The van der Waals surface area contributed by atoms with Crippen molar-refractivity contribution in [2.75, 3.05) is 12.3 Å². The molecule has 1 aromatic rings. The second kappa shape index (κ2) is 6.68. The van der Waals surface area contributed by atoms with E-state index in [0.29, 0.717) is 6.42 Å². The minimum absolute atomic E-state index is 0.184. The first-order chi connectivity index (χ1) is 5.83. The van der Waals surface area contributed by atoms with E-state index in [-0.39, 0.29) is 6.61 Å². The summed E-state index contributed by atoms with van der Waals surface area (Å²) in [6, 6.07) is 7.55. The van der Waals surface area contributed by atoms with Gasteiger partial charge in [0.25, 0.3) is 0 Å². The molecule has 0 amide bonds. The van der Waals surface area contributed by atoms with Crippen molar-refractivity contribution < 1.29 is 5.11 Å². The number of hydrogen-bond donors (Lipinski definition) is 2. The molecule has 0 fully saturated rings. The van der Waals surface area contributed by atoms with Gasteiger partial charge < -0.3 is 10.8 Å². The van der Waals surface area contributed by atoms with Gasteiger partial charge in [-0.2, -0.15) is 0 Å². The number of rotatable bonds is 2. The van der Waals surface area contributed by atoms with E-state index in [1.807, 2.05) is 38.1 Å². The van der Waals surface area contributed by atoms with E-state index in [1.54, 1.807) is 0 Å². The third-order valence-electron chi connectivity index (χ3n) is 1.35. The molecule has 2 nitrogen and oxygen atoms in total. The summed E-state index contributed by atoms with van der Waals surface area (Å²) < 4.78 is 0. The van der Waals surface area contributed by atoms with Crippen molar-refractivity contribution in [2.45, 2.75) is 20.3 Å². The van der Waals surface area contributed by atoms with Gasteiger partial charge in [-0.05, 0) is 24.1 Å². The van der Waals surface area contributed by atoms with E-state index >= 15 is 0 Å². The molecule has 0 aliphatic heterocycles. The van der Waals surface area contributed by atoms with Crippen molar-refractivity contribution in [1.29, 1.82) is 0 Å². The molecule has 0 saturated heterocycles. The highest BCUT2D eigenvalue weighted by Crippen LogP contribution is 2.06. The summed E-state index contributed by atoms with van der Waals surface area (Å²) in [5.74, 6) is 0. The molecule has 0 heterocycles. The maximum absolute atomic E-state index is 8.57. The van der Waals surface area contributed by atoms with Crippen LogP contribution < -0.4 is 5.73 Å². The van der Waals surface area contributed by atoms with E-state index in [0.717, 1.165) is 11.3 Å². The van der Waals surface area contributed by atoms with Gasteiger partial charge in [0.15, 0.2) is 0 Å². The van der Waals surface area contributed by atoms with Crippen LogP contribution in [0.2, 0.25) is 0 Å². The third kappa shape index (κ3) is 3.98. The zero-order valence-corrected chi connectivity index (χ0v) is 7.75. The first kappa shape index (κ1) is 11.0. The van der Waals surface area contributed by atoms with Crippen molar-refractivity contribution in [3.63, 3.8) is 0 Å². The van der Waals surface area contributed by atoms with Gasteiger partial charge in [-0.25, -0.2) is 0 Å². The molecule has 0 aromatic heterocycles. The van der Waals surface area contributed by atoms with Gasteiger partial charge in [-0.1, -0.05) is 26.0 Å². The number of hydrogen-bond acceptors (Lipinski definition) is 2. The predicted octanol–water partition coefficient (Wildman–Crippen LogP) is 1.83. The lowest BCUT2D eigenvalue weighted by molar-refractivity contribution is 0.299. The second-order valence-corrected chi connectivity index (χ2v) is 2.22. The van der Waals surface area contributed by atoms with Crippen LogP contribution in [0.5, 0.6) is 0 Å². The van der Waals surface area contributed by atoms with Crippen molar-refractivity contribution in [1.82, 2.24) is 0 Å². The fourth-order valence-corrected chi connectivity index (χ4v) is 0.878. The van der Waals surface area contributed by atoms with Crippen molar-refractivity contribution in [2.24, 2.45) is 0 Å². The highest BCUT2D eigenvalue weighted by molar-refractivity contribution is 5.40. The van der Waals surface area contributed by atoms with Gasteiger partial charge in [0.05, 0.1) is 0 Å². The van der Waals surface area contributed by atoms with E-state index in [1.165, 1.54) is 0 Å². The molecule has 0 radical (unpaired) electrons. The lowest BCUT2D eigenvalue weighted by Crippen LogP contribution is -1.91. The SMILES string of the molecule is CC.Nc1cccc(CCO)c1. The van der Waals surface area contributed by atoms with Crippen LogP contribution >= 0.6 is 0 Å². The molecule has 68 valence electrons. The average Bonchev–Trinajstić information content (AvgIpc) is 2.09. The summed E-state index contributed by atoms with van der Waals surface area (Å²) in [5, 5.41) is 8.57. The van der Waals surface area contributed by atoms with Crippen LogP contribution in [0.25, 0.3) is 0 Å². The van der Waals surface area contributed by atoms with Gasteiger partial charge in [-0.15, -0.1) is 0 Å². The molecule has 0 aliphatic carbocycles. The maximum Gasteiger partial charge on any atom is 0.0471 e. The quantitative estimate of drug-likeness (QED) is 0.660. The topological polar surface area (TPSA) is 46.2 Å². The van der Waals surface area contributed by atoms with E-state index in [9.17, 15) is 0 Å². The predicted molar refractivity (Wildman–Crippen MR) is 53.0 cm³/mol. The Kier molecular flexibility index (Phi) is 6.11. The summed E-state index contributed by atoms with van der Waals surface area (Å²) in [4.78, 5) is 0. The largest absolute Gasteiger partial charge is 0.399 e. The number of benzene rings is 1. The molecule has 3 N–H and O–H groups in total. The average molecular weight is 167 g/mol. The molecule has 12 heavy (non-hydrogen) atoms. The zero-order chi connectivity index (χ0) is 9.40. The van der Waals surface area contributed by atoms with E-state index < -0.39 is 0 Å². The number of aliphatic hydroxyl groups is 1. The van der Waals surface area contributed by atoms with Crippen LogP contribution in [-0.2, 0) is 6.42 Å². The Balaban J connectivity index is 0.000000561. The lowest BCUT2D eigenvalue weighted by atomic mass is 10.1. The molecule has 1 aromatic carbocycles. The number of nitrogen functional groups attached to an aromatic ring is 1. The number of aliphatic hydroxyl groups excluding tert-OH is 1. The first-order valence-corrected chi connectivity index (χ1v) is 4.28. The van der Waals surface area contributed by atoms with Gasteiger partial charge >= 0.3 is 0 Å². The smallest absolute Gasteiger partial charge is 0.0471 e. The molecule has 0 saturated carbocycles. The van der Waals surface area contributed by atoms with Gasteiger partial charge in [0.1, 0.15) is 0 Å². The van der Waals surface area contributed by atoms with E-state index in [2.05, 4.69) is 0 Å². The van der Waals surface area contributed by atoms with E-state index in [4.69, 9.17) is 10.8 Å². The van der Waals surface area contributed by atoms with Gasteiger partial charge in [0.2, 0.25) is 0 Å². The first-order valence-electron chi connectivity index (χ1n) is 4.28. The molecule has 0 atom stereocenters. The Morgan fingerprint density at radius 3 is 2.50 bits per heavy atom. The third-order valence-corrected chi connectivity index (χ3v) is 1.35. The Morgan fingerprint density at radius 1 is 1.33 bits per heavy atom. The summed E-state index contributed by atoms with van der Waals surface area (Å²) in [6.45, 7) is 4.18. The standard InChI is InChI=1S/C8H11NO.C2H6/c9-8-3-1-2-7(6-8)4-5-10;1-2/h1-3,6,10H,4-5,9H2;1-2H3. The highest BCUT2D eigenvalue weighted by atomic mass is 16.2. The summed E-state index contributed by atoms with van der Waals surface area (Å²) in [7, 11) is 0. The second-order valence-electron chi connectivity index (χ2n) is 2.22. The van der Waals surface area contributed by atoms with Crippen LogP contribution in [0, 0.1) is 0 Å². The van der Waals surface area contributed by atoms with Crippen LogP contribution in [0.1, 0.15) is 19.4 Å². The van der Waals surface area contributed by atoms with Gasteiger partial charge in [-0.3, -0.25) is 0 Å². The van der Waals surface area contributed by atoms with Crippen molar-refractivity contribution in [3.05, 3.63) is 29.8 Å². The summed E-state index contributed by atoms with van der Waals surface area (Å²) in [6.07, 6.45) is 0.686. The highest BCUT2D eigenvalue weighted by Gasteiger charge is 1.89. The summed E-state index contributed by atoms with van der Waals surface area (Å²) >= 11 is 0. The summed E-state index contributed by atoms with van der Waals surface area (Å²) in [5.41, 5.74) is 7.35. The molecule has 0 aliphatic rings. The molecular weight excluding hydrogens is 150 g/mol. The minimum atomic E-state index is 0.184. The number of anilines is 1. The Labute approximate surface area is 74.0 Å². The zero-order valence-electron chi connectivity index (χ0n) is 7.75. The Bertz CT molecular complexity index is 211. The van der Waals surface area contributed by atoms with Crippen molar-refractivity contribution >= 4 is 5.69 Å². The number of nitrogens with two attached hydrogens (primary N) is 1. The van der Waals surface area contributed by atoms with Crippen LogP contribution in [0.4, 0.5) is 5.69 Å². The molecular formula is C10H17NO. The Hall–Kier alpha value is -1.02. The Morgan fingerprint density at radius 2 is 2.00 bits per heavy atom. The molecule has 1 rings (SSSR count). The van der Waals surface area contributed by atoms with Gasteiger partial charge in [0, 0.05) is 12.3 Å². The van der Waals surface area contributed by atoms with Crippen LogP contribution in [-0.4, -0.2) is 11.7 Å². The normalized spacial score (nSPS) is 8.58. The monoisotopic (exact) mass is 167 g/mol. The lowest BCUT2D eigenvalue weighted by Gasteiger charge is -1.97. The van der Waals surface area contributed by atoms with Crippen LogP contribution in [0.15, 0.2) is 24.3 Å². The molecule has 2 heteroatoms. The molecule has 0 unspecified atom stereocenters. The molecule has 0 spiro atoms.